The van der Waals surface area contributed by atoms with Gasteiger partial charge in [-0.2, -0.15) is 5.26 Å². The van der Waals surface area contributed by atoms with E-state index in [1.54, 1.807) is 0 Å². The number of fused-ring (bicyclic) bond motifs is 9. The van der Waals surface area contributed by atoms with Gasteiger partial charge >= 0.3 is 0 Å². The molecule has 3 heteroatoms. The van der Waals surface area contributed by atoms with E-state index >= 15 is 0 Å². The van der Waals surface area contributed by atoms with E-state index in [2.05, 4.69) is 131 Å². The van der Waals surface area contributed by atoms with Crippen molar-refractivity contribution < 1.29 is 0 Å². The van der Waals surface area contributed by atoms with Crippen molar-refractivity contribution in [2.45, 2.75) is 5.41 Å². The van der Waals surface area contributed by atoms with Crippen LogP contribution in [0.15, 0.2) is 101 Å². The van der Waals surface area contributed by atoms with Gasteiger partial charge in [-0.25, -0.2) is 0 Å². The lowest BCUT2D eigenvalue weighted by molar-refractivity contribution is 0.816. The van der Waals surface area contributed by atoms with Gasteiger partial charge in [-0.1, -0.05) is 78.9 Å². The summed E-state index contributed by atoms with van der Waals surface area (Å²) in [6.45, 7) is 0. The minimum atomic E-state index is -0.401. The molecule has 0 amide bonds. The quantitative estimate of drug-likeness (QED) is 0.200. The molecule has 2 aliphatic rings. The number of aromatic nitrogens is 1. The Morgan fingerprint density at radius 1 is 0.794 bits per heavy atom. The Bertz CT molecular complexity index is 1690. The predicted molar refractivity (Wildman–Crippen MR) is 146 cm³/mol. The average Bonchev–Trinajstić information content (AvgIpc) is 3.45. The van der Waals surface area contributed by atoms with Crippen LogP contribution in [-0.2, 0) is 12.5 Å². The van der Waals surface area contributed by atoms with E-state index in [4.69, 9.17) is 0 Å². The Morgan fingerprint density at radius 2 is 1.41 bits per heavy atom. The molecule has 1 aromatic heterocycles. The summed E-state index contributed by atoms with van der Waals surface area (Å²) < 4.78 is 3.64. The van der Waals surface area contributed by atoms with Crippen LogP contribution in [0.1, 0.15) is 33.5 Å². The summed E-state index contributed by atoms with van der Waals surface area (Å²) in [6, 6.07) is 36.9. The number of nitrogens with zero attached hydrogens (tertiary/aromatic N) is 2. The molecule has 5 aromatic rings. The SMILES string of the molecule is Cn1c2c(c3cc(C#N)ccc31)C1(C(I)=C2c2ccccc2)c2ccccc2-c2ccccc21. The number of allylic oxidation sites excluding steroid dienone is 1. The molecular weight excluding hydrogens is 527 g/mol. The van der Waals surface area contributed by atoms with Gasteiger partial charge in [-0.05, 0) is 68.6 Å². The van der Waals surface area contributed by atoms with E-state index in [-0.39, 0.29) is 0 Å². The van der Waals surface area contributed by atoms with Crippen LogP contribution >= 0.6 is 22.6 Å². The van der Waals surface area contributed by atoms with Crippen LogP contribution in [0.25, 0.3) is 27.6 Å². The lowest BCUT2D eigenvalue weighted by Gasteiger charge is -2.30. The van der Waals surface area contributed by atoms with Crippen molar-refractivity contribution >= 4 is 39.1 Å². The molecule has 34 heavy (non-hydrogen) atoms. The first-order valence-corrected chi connectivity index (χ1v) is 12.4. The Hall–Kier alpha value is -3.62. The predicted octanol–water partition coefficient (Wildman–Crippen LogP) is 7.57. The van der Waals surface area contributed by atoms with Crippen LogP contribution < -0.4 is 0 Å². The summed E-state index contributed by atoms with van der Waals surface area (Å²) in [7, 11) is 2.16. The normalized spacial score (nSPS) is 14.9. The maximum absolute atomic E-state index is 9.74. The Kier molecular flexibility index (Phi) is 4.05. The van der Waals surface area contributed by atoms with Gasteiger partial charge in [0.1, 0.15) is 0 Å². The van der Waals surface area contributed by atoms with Crippen LogP contribution in [0.5, 0.6) is 0 Å². The average molecular weight is 546 g/mol. The van der Waals surface area contributed by atoms with E-state index in [9.17, 15) is 5.26 Å². The number of nitriles is 1. The number of benzene rings is 4. The van der Waals surface area contributed by atoms with Gasteiger partial charge in [0, 0.05) is 32.7 Å². The second-order valence-corrected chi connectivity index (χ2v) is 10.1. The minimum Gasteiger partial charge on any atom is -0.343 e. The molecule has 0 saturated carbocycles. The molecule has 2 aliphatic carbocycles. The van der Waals surface area contributed by atoms with Gasteiger partial charge in [0.2, 0.25) is 0 Å². The van der Waals surface area contributed by atoms with Crippen molar-refractivity contribution in [3.05, 3.63) is 134 Å². The van der Waals surface area contributed by atoms with E-state index in [0.717, 1.165) is 10.9 Å². The first-order valence-electron chi connectivity index (χ1n) is 11.4. The van der Waals surface area contributed by atoms with Gasteiger partial charge < -0.3 is 4.57 Å². The molecule has 4 aromatic carbocycles. The second-order valence-electron chi connectivity index (χ2n) is 9.02. The van der Waals surface area contributed by atoms with Crippen LogP contribution in [0.3, 0.4) is 0 Å². The smallest absolute Gasteiger partial charge is 0.0991 e. The van der Waals surface area contributed by atoms with Crippen LogP contribution in [-0.4, -0.2) is 4.57 Å². The first-order chi connectivity index (χ1) is 16.7. The van der Waals surface area contributed by atoms with Gasteiger partial charge in [0.25, 0.3) is 0 Å². The minimum absolute atomic E-state index is 0.401. The van der Waals surface area contributed by atoms with Gasteiger partial charge in [0.15, 0.2) is 0 Å². The molecule has 0 aliphatic heterocycles. The fourth-order valence-electron chi connectivity index (χ4n) is 6.20. The molecule has 0 atom stereocenters. The molecule has 1 heterocycles. The molecule has 0 unspecified atom stereocenters. The lowest BCUT2D eigenvalue weighted by Crippen LogP contribution is -2.25. The molecule has 0 radical (unpaired) electrons. The molecule has 2 nitrogen and oxygen atoms in total. The van der Waals surface area contributed by atoms with Crippen LogP contribution in [0, 0.1) is 11.3 Å². The Labute approximate surface area is 211 Å². The molecule has 0 N–H and O–H groups in total. The second kappa shape index (κ2) is 6.94. The van der Waals surface area contributed by atoms with E-state index in [0.29, 0.717) is 5.56 Å². The third-order valence-electron chi connectivity index (χ3n) is 7.50. The van der Waals surface area contributed by atoms with Gasteiger partial charge in [-0.3, -0.25) is 0 Å². The number of halogens is 1. The summed E-state index contributed by atoms with van der Waals surface area (Å²) in [5.41, 5.74) is 11.7. The van der Waals surface area contributed by atoms with Crippen molar-refractivity contribution in [2.75, 3.05) is 0 Å². The number of aryl methyl sites for hydroxylation is 1. The summed E-state index contributed by atoms with van der Waals surface area (Å²) in [4.78, 5) is 0. The zero-order chi connectivity index (χ0) is 23.0. The maximum Gasteiger partial charge on any atom is 0.0991 e. The molecule has 0 bridgehead atoms. The highest BCUT2D eigenvalue weighted by Crippen LogP contribution is 2.65. The zero-order valence-corrected chi connectivity index (χ0v) is 20.7. The summed E-state index contributed by atoms with van der Waals surface area (Å²) in [5, 5.41) is 10.9. The van der Waals surface area contributed by atoms with Crippen LogP contribution in [0.4, 0.5) is 0 Å². The van der Waals surface area contributed by atoms with Gasteiger partial charge in [-0.15, -0.1) is 0 Å². The van der Waals surface area contributed by atoms with Crippen molar-refractivity contribution in [3.63, 3.8) is 0 Å². The van der Waals surface area contributed by atoms with Crippen LogP contribution in [0.2, 0.25) is 0 Å². The number of hydrogen-bond donors (Lipinski definition) is 0. The molecule has 1 spiro atoms. The van der Waals surface area contributed by atoms with E-state index in [1.807, 2.05) is 6.07 Å². The van der Waals surface area contributed by atoms with E-state index in [1.165, 1.54) is 48.2 Å². The van der Waals surface area contributed by atoms with Crippen molar-refractivity contribution in [2.24, 2.45) is 7.05 Å². The molecule has 7 rings (SSSR count). The van der Waals surface area contributed by atoms with E-state index < -0.39 is 5.41 Å². The zero-order valence-electron chi connectivity index (χ0n) is 18.5. The van der Waals surface area contributed by atoms with Crippen molar-refractivity contribution in [1.29, 1.82) is 5.26 Å². The molecule has 0 fully saturated rings. The highest BCUT2D eigenvalue weighted by molar-refractivity contribution is 14.1. The van der Waals surface area contributed by atoms with Crippen molar-refractivity contribution in [3.8, 4) is 17.2 Å². The molecule has 160 valence electrons. The maximum atomic E-state index is 9.74. The summed E-state index contributed by atoms with van der Waals surface area (Å²) >= 11 is 2.61. The largest absolute Gasteiger partial charge is 0.343 e. The monoisotopic (exact) mass is 546 g/mol. The number of hydrogen-bond acceptors (Lipinski definition) is 1. The topological polar surface area (TPSA) is 28.7 Å². The Balaban J connectivity index is 1.75. The highest BCUT2D eigenvalue weighted by atomic mass is 127. The number of rotatable bonds is 1. The first kappa shape index (κ1) is 19.8. The summed E-state index contributed by atoms with van der Waals surface area (Å²) in [5.74, 6) is 0. The third kappa shape index (κ3) is 2.24. The fraction of sp³-hybridized carbons (Fsp3) is 0.0645. The summed E-state index contributed by atoms with van der Waals surface area (Å²) in [6.07, 6.45) is 0. The highest BCUT2D eigenvalue weighted by Gasteiger charge is 2.54. The fourth-order valence-corrected chi connectivity index (χ4v) is 7.61. The standard InChI is InChI=1S/C31H19IN2/c1-34-26-16-15-19(18-33)17-23(26)28-29(34)27(20-9-3-2-4-10-20)30(32)31(28)24-13-7-5-11-21(24)22-12-6-8-14-25(22)31/h2-17H,1H3. The molecule has 0 saturated heterocycles. The van der Waals surface area contributed by atoms with Crippen molar-refractivity contribution in [1.82, 2.24) is 4.57 Å². The molecular formula is C31H19IN2. The van der Waals surface area contributed by atoms with Gasteiger partial charge in [0.05, 0.1) is 22.7 Å². The third-order valence-corrected chi connectivity index (χ3v) is 8.85. The Morgan fingerprint density at radius 3 is 2.06 bits per heavy atom. The lowest BCUT2D eigenvalue weighted by atomic mass is 9.74.